The Hall–Kier alpha value is -2.45. The minimum atomic E-state index is -4.98. The van der Waals surface area contributed by atoms with Crippen LogP contribution in [0.1, 0.15) is 21.5 Å². The maximum absolute atomic E-state index is 14.2. The van der Waals surface area contributed by atoms with Crippen molar-refractivity contribution in [3.8, 4) is 0 Å². The largest absolute Gasteiger partial charge is 0.417 e. The smallest absolute Gasteiger partial charge is 0.342 e. The Morgan fingerprint density at radius 3 is 2.30 bits per heavy atom. The van der Waals surface area contributed by atoms with Crippen LogP contribution in [-0.4, -0.2) is 24.3 Å². The van der Waals surface area contributed by atoms with E-state index in [1.807, 2.05) is 0 Å². The number of halogens is 5. The van der Waals surface area contributed by atoms with E-state index in [9.17, 15) is 27.2 Å². The molecule has 2 rings (SSSR count). The van der Waals surface area contributed by atoms with Gasteiger partial charge in [0.1, 0.15) is 0 Å². The third-order valence-corrected chi connectivity index (χ3v) is 4.10. The van der Waals surface area contributed by atoms with Crippen molar-refractivity contribution in [2.45, 2.75) is 18.6 Å². The molecular weight excluding hydrogens is 388 g/mol. The fraction of sp³-hybridized carbons (Fsp3) is 0.222. The number of rotatable bonds is 6. The van der Waals surface area contributed by atoms with Crippen molar-refractivity contribution in [3.05, 3.63) is 70.0 Å². The maximum Gasteiger partial charge on any atom is 0.417 e. The summed E-state index contributed by atoms with van der Waals surface area (Å²) in [5.74, 6) is -3.52. The molecule has 0 bridgehead atoms. The summed E-state index contributed by atoms with van der Waals surface area (Å²) in [6.07, 6.45) is -4.99. The van der Waals surface area contributed by atoms with Crippen molar-refractivity contribution < 1.29 is 27.2 Å². The number of carbonyl (C=O) groups is 2. The third kappa shape index (κ3) is 5.05. The lowest BCUT2D eigenvalue weighted by Gasteiger charge is -2.19. The molecule has 9 heteroatoms. The number of carbonyl (C=O) groups excluding carboxylic acids is 2. The van der Waals surface area contributed by atoms with E-state index < -0.39 is 52.4 Å². The molecule has 0 aliphatic heterocycles. The fourth-order valence-corrected chi connectivity index (χ4v) is 2.63. The topological polar surface area (TPSA) is 72.2 Å². The van der Waals surface area contributed by atoms with Crippen LogP contribution in [0.4, 0.5) is 17.6 Å². The Morgan fingerprint density at radius 2 is 1.74 bits per heavy atom. The molecule has 144 valence electrons. The highest BCUT2D eigenvalue weighted by atomic mass is 35.5. The number of alkyl halides is 3. The summed E-state index contributed by atoms with van der Waals surface area (Å²) >= 11 is 5.53. The van der Waals surface area contributed by atoms with E-state index in [1.165, 1.54) is 0 Å². The molecule has 0 aliphatic carbocycles. The lowest BCUT2D eigenvalue weighted by atomic mass is 10.0. The van der Waals surface area contributed by atoms with E-state index in [-0.39, 0.29) is 6.42 Å². The zero-order chi connectivity index (χ0) is 20.2. The number of amides is 1. The maximum atomic E-state index is 14.2. The zero-order valence-corrected chi connectivity index (χ0v) is 14.6. The van der Waals surface area contributed by atoms with E-state index in [2.05, 4.69) is 5.32 Å². The predicted octanol–water partition coefficient (Wildman–Crippen LogP) is 3.37. The Balaban J connectivity index is 2.38. The van der Waals surface area contributed by atoms with Gasteiger partial charge in [0.2, 0.25) is 0 Å². The van der Waals surface area contributed by atoms with Gasteiger partial charge in [-0.05, 0) is 24.1 Å². The van der Waals surface area contributed by atoms with Gasteiger partial charge in [0, 0.05) is 0 Å². The van der Waals surface area contributed by atoms with E-state index in [1.54, 1.807) is 30.3 Å². The van der Waals surface area contributed by atoms with Crippen molar-refractivity contribution >= 4 is 23.3 Å². The van der Waals surface area contributed by atoms with Crippen LogP contribution in [0.15, 0.2) is 42.5 Å². The number of hydrogen-bond acceptors (Lipinski definition) is 3. The number of benzene rings is 2. The second-order valence-electron chi connectivity index (χ2n) is 5.67. The van der Waals surface area contributed by atoms with Crippen LogP contribution >= 0.6 is 11.6 Å². The molecule has 0 radical (unpaired) electrons. The average Bonchev–Trinajstić information content (AvgIpc) is 2.62. The molecule has 4 nitrogen and oxygen atoms in total. The minimum Gasteiger partial charge on any atom is -0.342 e. The van der Waals surface area contributed by atoms with E-state index >= 15 is 0 Å². The number of nitrogens with one attached hydrogen (secondary N) is 1. The molecule has 27 heavy (non-hydrogen) atoms. The summed E-state index contributed by atoms with van der Waals surface area (Å²) in [6.45, 7) is -0.443. The summed E-state index contributed by atoms with van der Waals surface area (Å²) in [5, 5.41) is 1.51. The first-order valence-electron chi connectivity index (χ1n) is 7.78. The predicted molar refractivity (Wildman–Crippen MR) is 91.9 cm³/mol. The Kier molecular flexibility index (Phi) is 6.56. The lowest BCUT2D eigenvalue weighted by Crippen LogP contribution is -2.45. The van der Waals surface area contributed by atoms with Gasteiger partial charge in [-0.2, -0.15) is 13.2 Å². The van der Waals surface area contributed by atoms with Crippen LogP contribution in [0.2, 0.25) is 5.02 Å². The minimum absolute atomic E-state index is 0.00779. The van der Waals surface area contributed by atoms with Gasteiger partial charge in [-0.25, -0.2) is 4.39 Å². The zero-order valence-electron chi connectivity index (χ0n) is 13.8. The first-order chi connectivity index (χ1) is 12.6. The molecule has 2 aromatic rings. The number of hydrogen-bond donors (Lipinski definition) is 2. The number of Topliss-reactive ketones (excluding diaryl/α,β-unsaturated/α-hetero) is 1. The Labute approximate surface area is 157 Å². The molecule has 0 spiro atoms. The molecule has 0 saturated carbocycles. The number of nitrogens with two attached hydrogens (primary N) is 1. The van der Waals surface area contributed by atoms with Crippen molar-refractivity contribution in [1.82, 2.24) is 5.32 Å². The Morgan fingerprint density at radius 1 is 1.11 bits per heavy atom. The van der Waals surface area contributed by atoms with E-state index in [0.717, 1.165) is 0 Å². The standard InChI is InChI=1S/C18H15ClF4N2O2/c19-12-7-6-11(18(21,22)23)15(16(12)20)17(27)25-13(14(26)9-24)8-10-4-2-1-3-5-10/h1-7,13H,8-9,24H2,(H,25,27)/t13-/m0/s1. The summed E-state index contributed by atoms with van der Waals surface area (Å²) < 4.78 is 53.7. The van der Waals surface area contributed by atoms with Gasteiger partial charge >= 0.3 is 6.18 Å². The molecule has 0 saturated heterocycles. The molecular formula is C18H15ClF4N2O2. The summed E-state index contributed by atoms with van der Waals surface area (Å²) in [6, 6.07) is 8.47. The van der Waals surface area contributed by atoms with Gasteiger partial charge in [-0.15, -0.1) is 0 Å². The highest BCUT2D eigenvalue weighted by molar-refractivity contribution is 6.31. The molecule has 3 N–H and O–H groups in total. The van der Waals surface area contributed by atoms with Crippen LogP contribution < -0.4 is 11.1 Å². The van der Waals surface area contributed by atoms with Gasteiger partial charge in [0.15, 0.2) is 11.6 Å². The van der Waals surface area contributed by atoms with Crippen LogP contribution in [-0.2, 0) is 17.4 Å². The van der Waals surface area contributed by atoms with Crippen LogP contribution in [0.3, 0.4) is 0 Å². The molecule has 0 unspecified atom stereocenters. The van der Waals surface area contributed by atoms with Gasteiger partial charge in [-0.3, -0.25) is 9.59 Å². The van der Waals surface area contributed by atoms with Crippen molar-refractivity contribution in [3.63, 3.8) is 0 Å². The Bertz CT molecular complexity index is 841. The van der Waals surface area contributed by atoms with Gasteiger partial charge in [-0.1, -0.05) is 41.9 Å². The van der Waals surface area contributed by atoms with Crippen molar-refractivity contribution in [1.29, 1.82) is 0 Å². The third-order valence-electron chi connectivity index (χ3n) is 3.81. The summed E-state index contributed by atoms with van der Waals surface area (Å²) in [7, 11) is 0. The first kappa shape index (κ1) is 20.9. The highest BCUT2D eigenvalue weighted by Crippen LogP contribution is 2.35. The van der Waals surface area contributed by atoms with Gasteiger partial charge < -0.3 is 11.1 Å². The monoisotopic (exact) mass is 402 g/mol. The van der Waals surface area contributed by atoms with E-state index in [0.29, 0.717) is 17.7 Å². The lowest BCUT2D eigenvalue weighted by molar-refractivity contribution is -0.138. The molecule has 0 aromatic heterocycles. The number of ketones is 1. The van der Waals surface area contributed by atoms with E-state index in [4.69, 9.17) is 17.3 Å². The molecule has 2 aromatic carbocycles. The fourth-order valence-electron chi connectivity index (χ4n) is 2.48. The SMILES string of the molecule is NCC(=O)[C@H](Cc1ccccc1)NC(=O)c1c(C(F)(F)F)ccc(Cl)c1F. The molecule has 0 aliphatic rings. The van der Waals surface area contributed by atoms with Crippen molar-refractivity contribution in [2.75, 3.05) is 6.54 Å². The van der Waals surface area contributed by atoms with Crippen LogP contribution in [0.25, 0.3) is 0 Å². The van der Waals surface area contributed by atoms with Gasteiger partial charge in [0.05, 0.1) is 28.7 Å². The second-order valence-corrected chi connectivity index (χ2v) is 6.08. The van der Waals surface area contributed by atoms with Gasteiger partial charge in [0.25, 0.3) is 5.91 Å². The molecule has 0 heterocycles. The second kappa shape index (κ2) is 8.49. The summed E-state index contributed by atoms with van der Waals surface area (Å²) in [5.41, 5.74) is 3.21. The normalized spacial score (nSPS) is 12.5. The quantitative estimate of drug-likeness (QED) is 0.728. The first-order valence-corrected chi connectivity index (χ1v) is 8.15. The average molecular weight is 403 g/mol. The van der Waals surface area contributed by atoms with Crippen molar-refractivity contribution in [2.24, 2.45) is 5.73 Å². The molecule has 0 fully saturated rings. The molecule has 1 amide bonds. The summed E-state index contributed by atoms with van der Waals surface area (Å²) in [4.78, 5) is 24.4. The van der Waals surface area contributed by atoms with Crippen LogP contribution in [0.5, 0.6) is 0 Å². The van der Waals surface area contributed by atoms with Crippen LogP contribution in [0, 0.1) is 5.82 Å². The highest BCUT2D eigenvalue weighted by Gasteiger charge is 2.38. The molecule has 1 atom stereocenters.